The Bertz CT molecular complexity index is 296. The number of amides is 2. The van der Waals surface area contributed by atoms with Gasteiger partial charge in [-0.2, -0.15) is 0 Å². The number of likely N-dealkylation sites (tertiary alicyclic amines) is 1. The lowest BCUT2D eigenvalue weighted by molar-refractivity contribution is -0.148. The van der Waals surface area contributed by atoms with Gasteiger partial charge in [-0.1, -0.05) is 0 Å². The molecule has 2 unspecified atom stereocenters. The van der Waals surface area contributed by atoms with Crippen molar-refractivity contribution in [3.63, 3.8) is 0 Å². The lowest BCUT2D eigenvalue weighted by Crippen LogP contribution is -2.54. The highest BCUT2D eigenvalue weighted by atomic mass is 16.5. The van der Waals surface area contributed by atoms with E-state index in [0.717, 1.165) is 12.8 Å². The zero-order valence-corrected chi connectivity index (χ0v) is 11.1. The molecule has 6 heteroatoms. The number of nitrogens with one attached hydrogen (secondary N) is 1. The maximum atomic E-state index is 11.9. The number of carbonyl (C=O) groups excluding carboxylic acids is 2. The molecular formula is C12H23N3O3. The monoisotopic (exact) mass is 257 g/mol. The van der Waals surface area contributed by atoms with E-state index in [1.54, 1.807) is 7.11 Å². The number of ether oxygens (including phenoxy) is 1. The second-order valence-corrected chi connectivity index (χ2v) is 4.63. The fourth-order valence-corrected chi connectivity index (χ4v) is 2.14. The summed E-state index contributed by atoms with van der Waals surface area (Å²) in [5, 5.41) is 3.27. The van der Waals surface area contributed by atoms with Gasteiger partial charge in [-0.3, -0.25) is 14.5 Å². The molecule has 0 aromatic heterocycles. The molecule has 0 aliphatic carbocycles. The third-order valence-electron chi connectivity index (χ3n) is 3.21. The minimum Gasteiger partial charge on any atom is -0.383 e. The largest absolute Gasteiger partial charge is 0.383 e. The van der Waals surface area contributed by atoms with Crippen molar-refractivity contribution in [1.29, 1.82) is 0 Å². The molecule has 0 spiro atoms. The first-order valence-corrected chi connectivity index (χ1v) is 6.35. The second-order valence-electron chi connectivity index (χ2n) is 4.63. The first-order chi connectivity index (χ1) is 8.60. The summed E-state index contributed by atoms with van der Waals surface area (Å²) in [6.45, 7) is 1.17. The summed E-state index contributed by atoms with van der Waals surface area (Å²) in [6.07, 6.45) is 2.73. The molecule has 1 aliphatic rings. The molecule has 0 radical (unpaired) electrons. The van der Waals surface area contributed by atoms with Crippen LogP contribution in [0.3, 0.4) is 0 Å². The van der Waals surface area contributed by atoms with E-state index in [1.165, 1.54) is 11.9 Å². The highest BCUT2D eigenvalue weighted by Gasteiger charge is 2.32. The molecule has 18 heavy (non-hydrogen) atoms. The molecule has 0 aromatic rings. The SMILES string of the molecule is COCC(CCCN)NC1CCC(=O)N(C)C1=O. The van der Waals surface area contributed by atoms with E-state index in [9.17, 15) is 9.59 Å². The van der Waals surface area contributed by atoms with Crippen LogP contribution in [0.25, 0.3) is 0 Å². The molecule has 2 amide bonds. The number of likely N-dealkylation sites (N-methyl/N-ethyl adjacent to an activating group) is 1. The topological polar surface area (TPSA) is 84.7 Å². The van der Waals surface area contributed by atoms with Crippen LogP contribution in [0.2, 0.25) is 0 Å². The molecule has 2 atom stereocenters. The predicted molar refractivity (Wildman–Crippen MR) is 67.9 cm³/mol. The molecule has 1 aliphatic heterocycles. The number of nitrogens with two attached hydrogens (primary N) is 1. The third-order valence-corrected chi connectivity index (χ3v) is 3.21. The minimum atomic E-state index is -0.286. The molecule has 3 N–H and O–H groups in total. The number of carbonyl (C=O) groups is 2. The third kappa shape index (κ3) is 4.04. The summed E-state index contributed by atoms with van der Waals surface area (Å²) in [4.78, 5) is 24.5. The highest BCUT2D eigenvalue weighted by molar-refractivity contribution is 6.00. The van der Waals surface area contributed by atoms with Gasteiger partial charge in [-0.25, -0.2) is 0 Å². The number of methoxy groups -OCH3 is 1. The van der Waals surface area contributed by atoms with Crippen molar-refractivity contribution >= 4 is 11.8 Å². The van der Waals surface area contributed by atoms with Crippen molar-refractivity contribution in [3.8, 4) is 0 Å². The smallest absolute Gasteiger partial charge is 0.246 e. The number of imide groups is 1. The van der Waals surface area contributed by atoms with E-state index in [-0.39, 0.29) is 23.9 Å². The van der Waals surface area contributed by atoms with Gasteiger partial charge in [0.25, 0.3) is 0 Å². The van der Waals surface area contributed by atoms with E-state index in [1.807, 2.05) is 0 Å². The van der Waals surface area contributed by atoms with Crippen molar-refractivity contribution < 1.29 is 14.3 Å². The van der Waals surface area contributed by atoms with Crippen molar-refractivity contribution in [3.05, 3.63) is 0 Å². The van der Waals surface area contributed by atoms with E-state index < -0.39 is 0 Å². The first-order valence-electron chi connectivity index (χ1n) is 6.35. The number of nitrogens with zero attached hydrogens (tertiary/aromatic N) is 1. The Morgan fingerprint density at radius 3 is 2.89 bits per heavy atom. The molecule has 1 fully saturated rings. The summed E-state index contributed by atoms with van der Waals surface area (Å²) in [5.74, 6) is -0.261. The molecule has 1 heterocycles. The summed E-state index contributed by atoms with van der Waals surface area (Å²) in [5.41, 5.74) is 5.49. The second kappa shape index (κ2) is 7.45. The van der Waals surface area contributed by atoms with Crippen LogP contribution in [0.1, 0.15) is 25.7 Å². The maximum Gasteiger partial charge on any atom is 0.246 e. The van der Waals surface area contributed by atoms with Gasteiger partial charge >= 0.3 is 0 Å². The Hall–Kier alpha value is -0.980. The van der Waals surface area contributed by atoms with Crippen molar-refractivity contribution in [1.82, 2.24) is 10.2 Å². The number of hydrogen-bond donors (Lipinski definition) is 2. The van der Waals surface area contributed by atoms with Crippen LogP contribution in [0, 0.1) is 0 Å². The summed E-state index contributed by atoms with van der Waals surface area (Å²) < 4.78 is 5.13. The number of rotatable bonds is 7. The average molecular weight is 257 g/mol. The van der Waals surface area contributed by atoms with Gasteiger partial charge in [0.15, 0.2) is 0 Å². The van der Waals surface area contributed by atoms with E-state index in [2.05, 4.69) is 5.32 Å². The molecule has 0 bridgehead atoms. The first kappa shape index (κ1) is 15.1. The van der Waals surface area contributed by atoms with E-state index in [0.29, 0.717) is 26.0 Å². The number of hydrogen-bond acceptors (Lipinski definition) is 5. The normalized spacial score (nSPS) is 22.4. The van der Waals surface area contributed by atoms with Crippen LogP contribution in [0.15, 0.2) is 0 Å². The van der Waals surface area contributed by atoms with E-state index in [4.69, 9.17) is 10.5 Å². The van der Waals surface area contributed by atoms with Gasteiger partial charge in [-0.05, 0) is 25.8 Å². The van der Waals surface area contributed by atoms with Crippen molar-refractivity contribution in [2.45, 2.75) is 37.8 Å². The van der Waals surface area contributed by atoms with Gasteiger partial charge in [0.1, 0.15) is 0 Å². The van der Waals surface area contributed by atoms with Gasteiger partial charge in [0.2, 0.25) is 11.8 Å². The molecular weight excluding hydrogens is 234 g/mol. The Morgan fingerprint density at radius 1 is 1.56 bits per heavy atom. The lowest BCUT2D eigenvalue weighted by atomic mass is 10.0. The van der Waals surface area contributed by atoms with Gasteiger partial charge in [0, 0.05) is 26.6 Å². The molecule has 0 aromatic carbocycles. The summed E-state index contributed by atoms with van der Waals surface area (Å²) in [7, 11) is 3.17. The fourth-order valence-electron chi connectivity index (χ4n) is 2.14. The van der Waals surface area contributed by atoms with E-state index >= 15 is 0 Å². The average Bonchev–Trinajstić information content (AvgIpc) is 2.36. The maximum absolute atomic E-state index is 11.9. The van der Waals surface area contributed by atoms with Gasteiger partial charge < -0.3 is 15.8 Å². The Morgan fingerprint density at radius 2 is 2.28 bits per heavy atom. The molecule has 1 saturated heterocycles. The van der Waals surface area contributed by atoms with Crippen LogP contribution >= 0.6 is 0 Å². The zero-order valence-electron chi connectivity index (χ0n) is 11.1. The van der Waals surface area contributed by atoms with Crippen molar-refractivity contribution in [2.24, 2.45) is 5.73 Å². The van der Waals surface area contributed by atoms with Crippen LogP contribution in [0.5, 0.6) is 0 Å². The van der Waals surface area contributed by atoms with Gasteiger partial charge in [0.05, 0.1) is 12.6 Å². The molecule has 1 rings (SSSR count). The Labute approximate surface area is 108 Å². The van der Waals surface area contributed by atoms with Crippen LogP contribution in [-0.4, -0.2) is 56.1 Å². The zero-order chi connectivity index (χ0) is 13.5. The Kier molecular flexibility index (Phi) is 6.24. The summed E-state index contributed by atoms with van der Waals surface area (Å²) in [6, 6.07) is -0.181. The quantitative estimate of drug-likeness (QED) is 0.599. The molecule has 104 valence electrons. The van der Waals surface area contributed by atoms with Crippen LogP contribution in [0.4, 0.5) is 0 Å². The van der Waals surface area contributed by atoms with Crippen molar-refractivity contribution in [2.75, 3.05) is 27.3 Å². The summed E-state index contributed by atoms with van der Waals surface area (Å²) >= 11 is 0. The lowest BCUT2D eigenvalue weighted by Gasteiger charge is -2.31. The number of piperidine rings is 1. The predicted octanol–water partition coefficient (Wildman–Crippen LogP) is -0.523. The minimum absolute atomic E-state index is 0.106. The molecule has 6 nitrogen and oxygen atoms in total. The van der Waals surface area contributed by atoms with Crippen LogP contribution in [-0.2, 0) is 14.3 Å². The molecule has 0 saturated carbocycles. The van der Waals surface area contributed by atoms with Crippen LogP contribution < -0.4 is 11.1 Å². The van der Waals surface area contributed by atoms with Gasteiger partial charge in [-0.15, -0.1) is 0 Å². The Balaban J connectivity index is 2.52. The fraction of sp³-hybridized carbons (Fsp3) is 0.833. The standard InChI is InChI=1S/C12H23N3O3/c1-15-11(16)6-5-10(12(15)17)14-9(8-18-2)4-3-7-13/h9-10,14H,3-8,13H2,1-2H3. The highest BCUT2D eigenvalue weighted by Crippen LogP contribution is 2.13.